The Morgan fingerprint density at radius 1 is 1.23 bits per heavy atom. The maximum absolute atomic E-state index is 11.5. The number of carbonyl (C=O) groups excluding carboxylic acids is 1. The van der Waals surface area contributed by atoms with E-state index >= 15 is 0 Å². The molecule has 0 amide bonds. The van der Waals surface area contributed by atoms with Crippen molar-refractivity contribution in [3.8, 4) is 5.75 Å². The molecule has 0 bridgehead atoms. The molecule has 0 heterocycles. The van der Waals surface area contributed by atoms with Crippen molar-refractivity contribution in [2.24, 2.45) is 0 Å². The zero-order valence-corrected chi connectivity index (χ0v) is 15.5. The Bertz CT molecular complexity index is 486. The van der Waals surface area contributed by atoms with Crippen LogP contribution in [0.25, 0.3) is 0 Å². The van der Waals surface area contributed by atoms with Crippen LogP contribution in [0.3, 0.4) is 0 Å². The summed E-state index contributed by atoms with van der Waals surface area (Å²) in [4.78, 5) is 11.5. The molecule has 0 atom stereocenters. The number of ether oxygens (including phenoxy) is 3. The first-order chi connectivity index (χ1) is 10.3. The van der Waals surface area contributed by atoms with Crippen LogP contribution in [0.2, 0.25) is 5.02 Å². The summed E-state index contributed by atoms with van der Waals surface area (Å²) in [5.41, 5.74) is -0.433. The Kier molecular flexibility index (Phi) is 8.21. The molecule has 0 radical (unpaired) electrons. The first-order valence-corrected chi connectivity index (χ1v) is 8.32. The van der Waals surface area contributed by atoms with Gasteiger partial charge in [-0.25, -0.2) is 0 Å². The van der Waals surface area contributed by atoms with E-state index in [1.165, 1.54) is 0 Å². The first-order valence-electron chi connectivity index (χ1n) is 7.15. The van der Waals surface area contributed by atoms with E-state index in [0.29, 0.717) is 37.7 Å². The molecule has 4 nitrogen and oxygen atoms in total. The molecule has 0 spiro atoms. The van der Waals surface area contributed by atoms with Gasteiger partial charge in [-0.15, -0.1) is 0 Å². The smallest absolute Gasteiger partial charge is 0.306 e. The fraction of sp³-hybridized carbons (Fsp3) is 0.562. The quantitative estimate of drug-likeness (QED) is 0.477. The van der Waals surface area contributed by atoms with Gasteiger partial charge in [0.25, 0.3) is 0 Å². The first kappa shape index (κ1) is 19.3. The second-order valence-corrected chi connectivity index (χ2v) is 7.02. The van der Waals surface area contributed by atoms with Crippen molar-refractivity contribution in [1.82, 2.24) is 0 Å². The predicted molar refractivity (Wildman–Crippen MR) is 90.5 cm³/mol. The molecule has 1 rings (SSSR count). The summed E-state index contributed by atoms with van der Waals surface area (Å²) < 4.78 is 17.0. The third-order valence-corrected chi connectivity index (χ3v) is 3.32. The Morgan fingerprint density at radius 3 is 2.59 bits per heavy atom. The third-order valence-electron chi connectivity index (χ3n) is 2.47. The van der Waals surface area contributed by atoms with Crippen LogP contribution in [-0.4, -0.2) is 31.4 Å². The largest absolute Gasteiger partial charge is 0.490 e. The summed E-state index contributed by atoms with van der Waals surface area (Å²) in [7, 11) is 0. The van der Waals surface area contributed by atoms with E-state index in [1.807, 2.05) is 20.8 Å². The van der Waals surface area contributed by atoms with Gasteiger partial charge in [0.05, 0.1) is 11.1 Å². The highest BCUT2D eigenvalue weighted by atomic mass is 79.9. The van der Waals surface area contributed by atoms with Crippen LogP contribution in [0.5, 0.6) is 5.75 Å². The van der Waals surface area contributed by atoms with Crippen molar-refractivity contribution >= 4 is 33.5 Å². The molecule has 0 saturated heterocycles. The standard InChI is InChI=1S/C16H22BrClO4/c1-16(2,3)22-15(19)5-4-8-20-9-10-21-14-7-6-12(18)11-13(14)17/h6-7,11H,4-5,8-10H2,1-3H3. The lowest BCUT2D eigenvalue weighted by Crippen LogP contribution is -2.23. The highest BCUT2D eigenvalue weighted by Gasteiger charge is 2.15. The third kappa shape index (κ3) is 8.61. The van der Waals surface area contributed by atoms with Crippen molar-refractivity contribution in [3.05, 3.63) is 27.7 Å². The van der Waals surface area contributed by atoms with E-state index in [9.17, 15) is 4.79 Å². The lowest BCUT2D eigenvalue weighted by Gasteiger charge is -2.19. The maximum Gasteiger partial charge on any atom is 0.306 e. The van der Waals surface area contributed by atoms with Crippen molar-refractivity contribution in [2.75, 3.05) is 19.8 Å². The fourth-order valence-electron chi connectivity index (χ4n) is 1.62. The molecule has 1 aromatic carbocycles. The van der Waals surface area contributed by atoms with Gasteiger partial charge in [0.2, 0.25) is 0 Å². The number of carbonyl (C=O) groups is 1. The minimum absolute atomic E-state index is 0.197. The monoisotopic (exact) mass is 392 g/mol. The minimum Gasteiger partial charge on any atom is -0.490 e. The highest BCUT2D eigenvalue weighted by Crippen LogP contribution is 2.27. The van der Waals surface area contributed by atoms with Gasteiger partial charge in [-0.05, 0) is 61.3 Å². The normalized spacial score (nSPS) is 11.3. The Morgan fingerprint density at radius 2 is 1.95 bits per heavy atom. The molecule has 1 aromatic rings. The molecule has 0 aromatic heterocycles. The van der Waals surface area contributed by atoms with Gasteiger partial charge in [-0.1, -0.05) is 11.6 Å². The van der Waals surface area contributed by atoms with Crippen LogP contribution in [0.1, 0.15) is 33.6 Å². The zero-order valence-electron chi connectivity index (χ0n) is 13.2. The number of halogens is 2. The van der Waals surface area contributed by atoms with Crippen LogP contribution >= 0.6 is 27.5 Å². The van der Waals surface area contributed by atoms with Crippen LogP contribution in [0.15, 0.2) is 22.7 Å². The summed E-state index contributed by atoms with van der Waals surface area (Å²) in [6, 6.07) is 5.34. The van der Waals surface area contributed by atoms with Crippen LogP contribution in [-0.2, 0) is 14.3 Å². The average molecular weight is 394 g/mol. The van der Waals surface area contributed by atoms with E-state index in [4.69, 9.17) is 25.8 Å². The SMILES string of the molecule is CC(C)(C)OC(=O)CCCOCCOc1ccc(Cl)cc1Br. The number of rotatable bonds is 8. The molecule has 124 valence electrons. The van der Waals surface area contributed by atoms with Crippen molar-refractivity contribution in [3.63, 3.8) is 0 Å². The van der Waals surface area contributed by atoms with E-state index in [-0.39, 0.29) is 5.97 Å². The fourth-order valence-corrected chi connectivity index (χ4v) is 2.41. The predicted octanol–water partition coefficient (Wildman–Crippen LogP) is 4.62. The van der Waals surface area contributed by atoms with Crippen molar-refractivity contribution in [1.29, 1.82) is 0 Å². The van der Waals surface area contributed by atoms with Gasteiger partial charge >= 0.3 is 5.97 Å². The number of benzene rings is 1. The lowest BCUT2D eigenvalue weighted by molar-refractivity contribution is -0.155. The molecule has 0 aliphatic heterocycles. The maximum atomic E-state index is 11.5. The summed E-state index contributed by atoms with van der Waals surface area (Å²) in [6.07, 6.45) is 1.00. The number of hydrogen-bond donors (Lipinski definition) is 0. The molecular weight excluding hydrogens is 372 g/mol. The van der Waals surface area contributed by atoms with Crippen LogP contribution in [0, 0.1) is 0 Å². The molecule has 0 N–H and O–H groups in total. The Labute approximate surface area is 145 Å². The summed E-state index contributed by atoms with van der Waals surface area (Å²) in [6.45, 7) is 6.97. The number of hydrogen-bond acceptors (Lipinski definition) is 4. The molecule has 0 saturated carbocycles. The molecule has 0 aliphatic rings. The minimum atomic E-state index is -0.433. The van der Waals surface area contributed by atoms with Crippen molar-refractivity contribution < 1.29 is 19.0 Å². The van der Waals surface area contributed by atoms with E-state index < -0.39 is 5.60 Å². The van der Waals surface area contributed by atoms with Gasteiger partial charge in [0.15, 0.2) is 0 Å². The lowest BCUT2D eigenvalue weighted by atomic mass is 10.2. The van der Waals surface area contributed by atoms with Crippen LogP contribution < -0.4 is 4.74 Å². The van der Waals surface area contributed by atoms with Gasteiger partial charge in [0.1, 0.15) is 18.0 Å². The summed E-state index contributed by atoms with van der Waals surface area (Å²) in [5, 5.41) is 0.651. The van der Waals surface area contributed by atoms with Gasteiger partial charge in [-0.3, -0.25) is 4.79 Å². The molecular formula is C16H22BrClO4. The van der Waals surface area contributed by atoms with Gasteiger partial charge in [-0.2, -0.15) is 0 Å². The summed E-state index contributed by atoms with van der Waals surface area (Å²) >= 11 is 9.23. The molecule has 0 unspecified atom stereocenters. The highest BCUT2D eigenvalue weighted by molar-refractivity contribution is 9.10. The van der Waals surface area contributed by atoms with Gasteiger partial charge < -0.3 is 14.2 Å². The van der Waals surface area contributed by atoms with E-state index in [2.05, 4.69) is 15.9 Å². The average Bonchev–Trinajstić information content (AvgIpc) is 2.37. The zero-order chi connectivity index (χ0) is 16.6. The second-order valence-electron chi connectivity index (χ2n) is 5.73. The number of esters is 1. The molecule has 22 heavy (non-hydrogen) atoms. The topological polar surface area (TPSA) is 44.8 Å². The van der Waals surface area contributed by atoms with Gasteiger partial charge in [0, 0.05) is 18.1 Å². The molecule has 0 fully saturated rings. The Balaban J connectivity index is 2.07. The summed E-state index contributed by atoms with van der Waals surface area (Å²) in [5.74, 6) is 0.527. The molecule has 6 heteroatoms. The van der Waals surface area contributed by atoms with Crippen molar-refractivity contribution in [2.45, 2.75) is 39.2 Å². The molecule has 0 aliphatic carbocycles. The van der Waals surface area contributed by atoms with E-state index in [1.54, 1.807) is 18.2 Å². The Hall–Kier alpha value is -0.780. The van der Waals surface area contributed by atoms with E-state index in [0.717, 1.165) is 10.2 Å². The van der Waals surface area contributed by atoms with Crippen LogP contribution in [0.4, 0.5) is 0 Å². The second kappa shape index (κ2) is 9.38.